The van der Waals surface area contributed by atoms with Crippen LogP contribution in [0.2, 0.25) is 0 Å². The second kappa shape index (κ2) is 27.0. The summed E-state index contributed by atoms with van der Waals surface area (Å²) in [5.41, 5.74) is 5.68. The lowest BCUT2D eigenvalue weighted by molar-refractivity contribution is 0.114. The van der Waals surface area contributed by atoms with Crippen molar-refractivity contribution in [3.63, 3.8) is 0 Å². The van der Waals surface area contributed by atoms with Crippen LogP contribution in [-0.2, 0) is 40.9 Å². The molecular formula is C50H76F2O8S3. The molecule has 13 heteroatoms. The molecule has 0 spiro atoms. The van der Waals surface area contributed by atoms with Gasteiger partial charge in [-0.15, -0.1) is 0 Å². The summed E-state index contributed by atoms with van der Waals surface area (Å²) < 4.78 is 106. The van der Waals surface area contributed by atoms with E-state index < -0.39 is 34.8 Å². The highest BCUT2D eigenvalue weighted by Gasteiger charge is 2.40. The molecule has 4 rings (SSSR count). The van der Waals surface area contributed by atoms with E-state index in [4.69, 9.17) is 9.47 Å². The first kappa shape index (κ1) is 59.4. The Bertz CT molecular complexity index is 2240. The SMILES string of the molecule is C.CC(C)c1ccc(S(=O)(=O)C(C)(F)F)cc1.CC(C)c1ccc(S(=O)(=O)C(C)C)cc1.CCCOCc1ccc(C(C)C)cc1OC.CCCS(=O)(=O)c1ccc(C(C)C)cc1. The summed E-state index contributed by atoms with van der Waals surface area (Å²) in [5, 5.41) is -4.10. The Kier molecular flexibility index (Phi) is 25.4. The molecule has 0 aromatic heterocycles. The monoisotopic (exact) mass is 938 g/mol. The lowest BCUT2D eigenvalue weighted by atomic mass is 10.0. The van der Waals surface area contributed by atoms with E-state index in [9.17, 15) is 34.0 Å². The van der Waals surface area contributed by atoms with Gasteiger partial charge in [-0.1, -0.05) is 125 Å². The van der Waals surface area contributed by atoms with Crippen LogP contribution in [0.4, 0.5) is 8.78 Å². The van der Waals surface area contributed by atoms with Crippen molar-refractivity contribution < 1.29 is 43.5 Å². The minimum absolute atomic E-state index is 0. The van der Waals surface area contributed by atoms with Crippen LogP contribution < -0.4 is 4.74 Å². The third-order valence-corrected chi connectivity index (χ3v) is 15.7. The Balaban J connectivity index is 0.000000810. The van der Waals surface area contributed by atoms with Crippen LogP contribution in [0, 0.1) is 0 Å². The number of rotatable bonds is 16. The highest BCUT2D eigenvalue weighted by atomic mass is 32.2. The molecule has 0 saturated carbocycles. The van der Waals surface area contributed by atoms with Crippen molar-refractivity contribution in [1.29, 1.82) is 0 Å². The lowest BCUT2D eigenvalue weighted by Gasteiger charge is -2.12. The maximum absolute atomic E-state index is 12.9. The van der Waals surface area contributed by atoms with E-state index in [2.05, 4.69) is 66.7 Å². The highest BCUT2D eigenvalue weighted by molar-refractivity contribution is 7.92. The molecule has 356 valence electrons. The summed E-state index contributed by atoms with van der Waals surface area (Å²) in [4.78, 5) is 0.514. The zero-order chi connectivity index (χ0) is 47.6. The van der Waals surface area contributed by atoms with Crippen LogP contribution in [0.1, 0.15) is 162 Å². The second-order valence-electron chi connectivity index (χ2n) is 16.7. The third-order valence-electron chi connectivity index (χ3n) is 9.79. The van der Waals surface area contributed by atoms with Gasteiger partial charge in [0.1, 0.15) is 5.75 Å². The number of methoxy groups -OCH3 is 1. The summed E-state index contributed by atoms with van der Waals surface area (Å²) in [6.45, 7) is 25.8. The van der Waals surface area contributed by atoms with Crippen molar-refractivity contribution in [1.82, 2.24) is 0 Å². The van der Waals surface area contributed by atoms with Gasteiger partial charge in [-0.05, 0) is 115 Å². The van der Waals surface area contributed by atoms with Gasteiger partial charge in [0.15, 0.2) is 19.7 Å². The molecule has 63 heavy (non-hydrogen) atoms. The predicted octanol–water partition coefficient (Wildman–Crippen LogP) is 13.6. The standard InChI is InChI=1S/C14H22O2.2C12H18O2S.C11H14F2O2S.CH4/c1-5-8-16-10-13-7-6-12(11(2)3)9-14(13)15-4;1-9(2)11-5-7-12(8-6-11)15(13,14)10(3)4;1-4-9-15(13,14)12-7-5-11(6-8-12)10(2)3;1-8(2)9-4-6-10(7-5-9)16(14,15)11(3,12)13;/h6-7,9,11H,5,8,10H2,1-4H3;5-10H,1-4H3;5-8,10H,4,9H2,1-3H3;4-8H,1-3H3;1H4. The van der Waals surface area contributed by atoms with Crippen LogP contribution in [0.15, 0.2) is 106 Å². The molecule has 0 aliphatic carbocycles. The van der Waals surface area contributed by atoms with Crippen molar-refractivity contribution in [3.05, 3.63) is 119 Å². The summed E-state index contributed by atoms with van der Waals surface area (Å²) in [6, 6.07) is 26.3. The van der Waals surface area contributed by atoms with Gasteiger partial charge in [0, 0.05) is 19.1 Å². The minimum Gasteiger partial charge on any atom is -0.496 e. The quantitative estimate of drug-likeness (QED) is 0.102. The van der Waals surface area contributed by atoms with E-state index in [1.165, 1.54) is 23.3 Å². The van der Waals surface area contributed by atoms with E-state index in [0.717, 1.165) is 35.5 Å². The van der Waals surface area contributed by atoms with Crippen molar-refractivity contribution in [2.75, 3.05) is 19.5 Å². The van der Waals surface area contributed by atoms with Crippen LogP contribution in [0.3, 0.4) is 0 Å². The molecule has 0 bridgehead atoms. The van der Waals surface area contributed by atoms with Crippen molar-refractivity contribution in [2.45, 2.75) is 166 Å². The number of alkyl halides is 2. The Morgan fingerprint density at radius 1 is 0.556 bits per heavy atom. The van der Waals surface area contributed by atoms with Crippen molar-refractivity contribution >= 4 is 29.5 Å². The van der Waals surface area contributed by atoms with Gasteiger partial charge < -0.3 is 9.47 Å². The van der Waals surface area contributed by atoms with Crippen LogP contribution in [0.5, 0.6) is 5.75 Å². The van der Waals surface area contributed by atoms with Gasteiger partial charge in [0.2, 0.25) is 9.84 Å². The maximum Gasteiger partial charge on any atom is 0.347 e. The van der Waals surface area contributed by atoms with Gasteiger partial charge in [0.25, 0.3) is 0 Å². The number of hydrogen-bond donors (Lipinski definition) is 0. The minimum atomic E-state index is -4.55. The van der Waals surface area contributed by atoms with E-state index in [1.807, 2.05) is 45.0 Å². The van der Waals surface area contributed by atoms with Crippen molar-refractivity contribution in [3.8, 4) is 5.75 Å². The molecule has 0 aliphatic rings. The molecule has 0 N–H and O–H groups in total. The van der Waals surface area contributed by atoms with Crippen molar-refractivity contribution in [2.24, 2.45) is 0 Å². The van der Waals surface area contributed by atoms with Gasteiger partial charge in [0.05, 0.1) is 39.4 Å². The number of hydrogen-bond acceptors (Lipinski definition) is 8. The molecule has 8 nitrogen and oxygen atoms in total. The zero-order valence-corrected chi connectivity index (χ0v) is 41.8. The Hall–Kier alpha value is -3.65. The van der Waals surface area contributed by atoms with Gasteiger partial charge in [-0.25, -0.2) is 25.3 Å². The number of ether oxygens (including phenoxy) is 2. The van der Waals surface area contributed by atoms with E-state index in [1.54, 1.807) is 57.4 Å². The first-order valence-electron chi connectivity index (χ1n) is 21.3. The Morgan fingerprint density at radius 3 is 1.27 bits per heavy atom. The molecule has 0 saturated heterocycles. The fraction of sp³-hybridized carbons (Fsp3) is 0.520. The Labute approximate surface area is 381 Å². The molecule has 0 unspecified atom stereocenters. The molecule has 0 fully saturated rings. The molecule has 4 aromatic rings. The molecule has 0 radical (unpaired) electrons. The van der Waals surface area contributed by atoms with Gasteiger partial charge in [-0.3, -0.25) is 0 Å². The predicted molar refractivity (Wildman–Crippen MR) is 258 cm³/mol. The van der Waals surface area contributed by atoms with Crippen LogP contribution in [-0.4, -0.2) is 55.2 Å². The lowest BCUT2D eigenvalue weighted by Crippen LogP contribution is -2.24. The molecular weight excluding hydrogens is 863 g/mol. The maximum atomic E-state index is 12.9. The molecule has 0 amide bonds. The molecule has 0 heterocycles. The molecule has 4 aromatic carbocycles. The third kappa shape index (κ3) is 18.8. The topological polar surface area (TPSA) is 121 Å². The normalized spacial score (nSPS) is 11.9. The van der Waals surface area contributed by atoms with E-state index in [0.29, 0.717) is 47.5 Å². The number of sulfone groups is 3. The summed E-state index contributed by atoms with van der Waals surface area (Å²) in [5.74, 6) is 2.79. The van der Waals surface area contributed by atoms with Gasteiger partial charge >= 0.3 is 5.25 Å². The zero-order valence-electron chi connectivity index (χ0n) is 39.3. The van der Waals surface area contributed by atoms with Gasteiger partial charge in [-0.2, -0.15) is 8.78 Å². The smallest absolute Gasteiger partial charge is 0.347 e. The largest absolute Gasteiger partial charge is 0.496 e. The van der Waals surface area contributed by atoms with Crippen LogP contribution >= 0.6 is 0 Å². The van der Waals surface area contributed by atoms with E-state index in [-0.39, 0.29) is 29.2 Å². The second-order valence-corrected chi connectivity index (χ2v) is 23.5. The number of halogens is 2. The first-order chi connectivity index (χ1) is 28.7. The highest BCUT2D eigenvalue weighted by Crippen LogP contribution is 2.29. The Morgan fingerprint density at radius 2 is 0.937 bits per heavy atom. The average molecular weight is 939 g/mol. The fourth-order valence-corrected chi connectivity index (χ4v) is 8.86. The summed E-state index contributed by atoms with van der Waals surface area (Å²) in [6.07, 6.45) is 1.71. The first-order valence-corrected chi connectivity index (χ1v) is 26.0. The van der Waals surface area contributed by atoms with Crippen LogP contribution in [0.25, 0.3) is 0 Å². The number of benzene rings is 4. The summed E-state index contributed by atoms with van der Waals surface area (Å²) >= 11 is 0. The molecule has 0 atom stereocenters. The fourth-order valence-electron chi connectivity index (χ4n) is 5.57. The average Bonchev–Trinajstić information content (AvgIpc) is 3.21. The van der Waals surface area contributed by atoms with E-state index >= 15 is 0 Å². The molecule has 0 aliphatic heterocycles. The summed E-state index contributed by atoms with van der Waals surface area (Å²) in [7, 11) is -9.01.